The highest BCUT2D eigenvalue weighted by Crippen LogP contribution is 2.25. The number of hydrogen-bond acceptors (Lipinski definition) is 3. The van der Waals surface area contributed by atoms with E-state index in [-0.39, 0.29) is 22.0 Å². The molecule has 0 saturated heterocycles. The van der Waals surface area contributed by atoms with Crippen LogP contribution >= 0.6 is 11.6 Å². The smallest absolute Gasteiger partial charge is 0.259 e. The number of aromatic nitrogens is 1. The van der Waals surface area contributed by atoms with E-state index >= 15 is 0 Å². The first-order valence-electron chi connectivity index (χ1n) is 5.04. The van der Waals surface area contributed by atoms with Gasteiger partial charge >= 0.3 is 0 Å². The molecular weight excluding hydrogens is 257 g/mol. The van der Waals surface area contributed by atoms with Crippen molar-refractivity contribution < 1.29 is 9.18 Å². The quantitative estimate of drug-likeness (QED) is 0.877. The molecule has 2 rings (SSSR count). The Morgan fingerprint density at radius 2 is 2.17 bits per heavy atom. The number of anilines is 2. The van der Waals surface area contributed by atoms with Gasteiger partial charge in [-0.25, -0.2) is 4.39 Å². The summed E-state index contributed by atoms with van der Waals surface area (Å²) in [7, 11) is 0. The molecule has 92 valence electrons. The number of amides is 1. The van der Waals surface area contributed by atoms with E-state index in [2.05, 4.69) is 10.3 Å². The van der Waals surface area contributed by atoms with Gasteiger partial charge in [0.1, 0.15) is 5.82 Å². The van der Waals surface area contributed by atoms with Crippen molar-refractivity contribution in [3.8, 4) is 0 Å². The van der Waals surface area contributed by atoms with Gasteiger partial charge in [-0.2, -0.15) is 0 Å². The number of nitrogens with two attached hydrogens (primary N) is 1. The molecule has 0 spiro atoms. The van der Waals surface area contributed by atoms with Crippen molar-refractivity contribution in [3.05, 3.63) is 53.1 Å². The average molecular weight is 266 g/mol. The molecule has 0 radical (unpaired) electrons. The Morgan fingerprint density at radius 3 is 2.83 bits per heavy atom. The van der Waals surface area contributed by atoms with E-state index in [1.54, 1.807) is 0 Å². The number of nitrogens with one attached hydrogen (secondary N) is 1. The Hall–Kier alpha value is -2.14. The van der Waals surface area contributed by atoms with E-state index in [1.807, 2.05) is 0 Å². The van der Waals surface area contributed by atoms with Gasteiger partial charge in [-0.15, -0.1) is 0 Å². The third kappa shape index (κ3) is 2.41. The van der Waals surface area contributed by atoms with Crippen LogP contribution in [-0.2, 0) is 0 Å². The number of rotatable bonds is 2. The third-order valence-corrected chi connectivity index (χ3v) is 2.62. The second-order valence-electron chi connectivity index (χ2n) is 3.51. The summed E-state index contributed by atoms with van der Waals surface area (Å²) in [4.78, 5) is 15.7. The van der Waals surface area contributed by atoms with E-state index in [1.165, 1.54) is 36.7 Å². The lowest BCUT2D eigenvalue weighted by Gasteiger charge is -2.09. The van der Waals surface area contributed by atoms with Gasteiger partial charge in [0.2, 0.25) is 0 Å². The van der Waals surface area contributed by atoms with Gasteiger partial charge in [0, 0.05) is 18.1 Å². The molecule has 0 unspecified atom stereocenters. The highest BCUT2D eigenvalue weighted by Gasteiger charge is 2.14. The zero-order chi connectivity index (χ0) is 13.1. The Balaban J connectivity index is 2.30. The molecular formula is C12H9ClFN3O. The number of para-hydroxylation sites is 1. The minimum absolute atomic E-state index is 0.0765. The molecule has 3 N–H and O–H groups in total. The van der Waals surface area contributed by atoms with Crippen molar-refractivity contribution in [1.82, 2.24) is 4.98 Å². The van der Waals surface area contributed by atoms with Crippen molar-refractivity contribution in [2.75, 3.05) is 11.1 Å². The molecule has 4 nitrogen and oxygen atoms in total. The number of hydrogen-bond donors (Lipinski definition) is 2. The van der Waals surface area contributed by atoms with Crippen LogP contribution in [0.5, 0.6) is 0 Å². The van der Waals surface area contributed by atoms with E-state index in [4.69, 9.17) is 17.3 Å². The van der Waals surface area contributed by atoms with Crippen LogP contribution in [0.2, 0.25) is 5.02 Å². The van der Waals surface area contributed by atoms with Gasteiger partial charge < -0.3 is 11.1 Å². The topological polar surface area (TPSA) is 68.0 Å². The number of carbonyl (C=O) groups excluding carboxylic acids is 1. The van der Waals surface area contributed by atoms with Gasteiger partial charge in [0.15, 0.2) is 0 Å². The first-order valence-corrected chi connectivity index (χ1v) is 5.42. The van der Waals surface area contributed by atoms with Gasteiger partial charge in [-0.05, 0) is 18.2 Å². The fraction of sp³-hybridized carbons (Fsp3) is 0. The molecule has 1 aromatic heterocycles. The van der Waals surface area contributed by atoms with Gasteiger partial charge in [-0.3, -0.25) is 9.78 Å². The molecule has 6 heteroatoms. The largest absolute Gasteiger partial charge is 0.398 e. The van der Waals surface area contributed by atoms with Crippen molar-refractivity contribution in [2.45, 2.75) is 0 Å². The second kappa shape index (κ2) is 5.01. The van der Waals surface area contributed by atoms with E-state index in [9.17, 15) is 9.18 Å². The maximum atomic E-state index is 13.5. The summed E-state index contributed by atoms with van der Waals surface area (Å²) in [6.07, 6.45) is 2.77. The highest BCUT2D eigenvalue weighted by molar-refractivity contribution is 6.34. The third-order valence-electron chi connectivity index (χ3n) is 2.30. The molecule has 0 bridgehead atoms. The Labute approximate surface area is 108 Å². The van der Waals surface area contributed by atoms with E-state index < -0.39 is 11.7 Å². The van der Waals surface area contributed by atoms with Crippen LogP contribution in [0.15, 0.2) is 36.7 Å². The maximum Gasteiger partial charge on any atom is 0.259 e. The van der Waals surface area contributed by atoms with Gasteiger partial charge in [0.25, 0.3) is 5.91 Å². The summed E-state index contributed by atoms with van der Waals surface area (Å²) < 4.78 is 13.5. The molecule has 18 heavy (non-hydrogen) atoms. The van der Waals surface area contributed by atoms with Crippen LogP contribution in [0.3, 0.4) is 0 Å². The summed E-state index contributed by atoms with van der Waals surface area (Å²) in [5, 5.41) is 2.49. The predicted octanol–water partition coefficient (Wildman–Crippen LogP) is 2.71. The van der Waals surface area contributed by atoms with Crippen LogP contribution in [0.1, 0.15) is 10.4 Å². The highest BCUT2D eigenvalue weighted by atomic mass is 35.5. The first kappa shape index (κ1) is 12.3. The van der Waals surface area contributed by atoms with Crippen LogP contribution < -0.4 is 11.1 Å². The van der Waals surface area contributed by atoms with Crippen LogP contribution in [0.4, 0.5) is 15.8 Å². The van der Waals surface area contributed by atoms with Crippen molar-refractivity contribution in [2.24, 2.45) is 0 Å². The number of nitrogens with zero attached hydrogens (tertiary/aromatic N) is 1. The monoisotopic (exact) mass is 265 g/mol. The van der Waals surface area contributed by atoms with Crippen LogP contribution in [-0.4, -0.2) is 10.9 Å². The molecule has 1 heterocycles. The molecule has 0 aliphatic rings. The second-order valence-corrected chi connectivity index (χ2v) is 3.92. The molecule has 0 saturated carbocycles. The lowest BCUT2D eigenvalue weighted by molar-refractivity contribution is 0.102. The Bertz CT molecular complexity index is 583. The lowest BCUT2D eigenvalue weighted by atomic mass is 10.2. The van der Waals surface area contributed by atoms with Gasteiger partial charge in [0.05, 0.1) is 16.3 Å². The number of carbonyl (C=O) groups is 1. The van der Waals surface area contributed by atoms with Crippen LogP contribution in [0, 0.1) is 5.82 Å². The molecule has 0 aliphatic carbocycles. The molecule has 0 atom stereocenters. The average Bonchev–Trinajstić information content (AvgIpc) is 2.34. The first-order chi connectivity index (χ1) is 8.59. The summed E-state index contributed by atoms with van der Waals surface area (Å²) in [6.45, 7) is 0. The Morgan fingerprint density at radius 1 is 1.39 bits per heavy atom. The van der Waals surface area contributed by atoms with Gasteiger partial charge in [-0.1, -0.05) is 17.7 Å². The molecule has 0 fully saturated rings. The Kier molecular flexibility index (Phi) is 3.43. The number of benzene rings is 1. The van der Waals surface area contributed by atoms with E-state index in [0.717, 1.165) is 0 Å². The standard InChI is InChI=1S/C12H9ClFN3O/c13-8-2-1-3-9(14)11(8)17-12(18)7-6-16-5-4-10(7)15/h1-6H,(H2,15,16)(H,17,18). The molecule has 1 aromatic carbocycles. The molecule has 0 aliphatic heterocycles. The normalized spacial score (nSPS) is 10.1. The summed E-state index contributed by atoms with van der Waals surface area (Å²) >= 11 is 5.80. The number of halogens is 2. The summed E-state index contributed by atoms with van der Waals surface area (Å²) in [5.41, 5.74) is 5.97. The van der Waals surface area contributed by atoms with Crippen molar-refractivity contribution in [3.63, 3.8) is 0 Å². The molecule has 1 amide bonds. The number of nitrogen functional groups attached to an aromatic ring is 1. The van der Waals surface area contributed by atoms with Crippen molar-refractivity contribution in [1.29, 1.82) is 0 Å². The van der Waals surface area contributed by atoms with Crippen LogP contribution in [0.25, 0.3) is 0 Å². The summed E-state index contributed by atoms with van der Waals surface area (Å²) in [5.74, 6) is -1.18. The fourth-order valence-corrected chi connectivity index (χ4v) is 1.60. The predicted molar refractivity (Wildman–Crippen MR) is 68.0 cm³/mol. The maximum absolute atomic E-state index is 13.5. The SMILES string of the molecule is Nc1ccncc1C(=O)Nc1c(F)cccc1Cl. The van der Waals surface area contributed by atoms with E-state index in [0.29, 0.717) is 0 Å². The summed E-state index contributed by atoms with van der Waals surface area (Å²) in [6, 6.07) is 5.62. The minimum Gasteiger partial charge on any atom is -0.398 e. The minimum atomic E-state index is -0.613. The number of pyridine rings is 1. The van der Waals surface area contributed by atoms with Crippen molar-refractivity contribution >= 4 is 28.9 Å². The zero-order valence-corrected chi connectivity index (χ0v) is 9.91. The lowest BCUT2D eigenvalue weighted by Crippen LogP contribution is -2.15. The fourth-order valence-electron chi connectivity index (χ4n) is 1.39. The molecule has 2 aromatic rings. The zero-order valence-electron chi connectivity index (χ0n) is 9.15.